The van der Waals surface area contributed by atoms with Gasteiger partial charge in [-0.3, -0.25) is 9.10 Å². The number of sulfonamides is 1. The van der Waals surface area contributed by atoms with E-state index >= 15 is 0 Å². The van der Waals surface area contributed by atoms with Crippen molar-refractivity contribution in [3.05, 3.63) is 65.2 Å². The normalized spacial score (nSPS) is 12.6. The van der Waals surface area contributed by atoms with Crippen LogP contribution in [0, 0.1) is 19.8 Å². The van der Waals surface area contributed by atoms with Crippen LogP contribution in [-0.2, 0) is 14.8 Å². The highest BCUT2D eigenvalue weighted by molar-refractivity contribution is 7.92. The molecule has 0 aromatic heterocycles. The lowest BCUT2D eigenvalue weighted by molar-refractivity contribution is -0.122. The molecule has 30 heavy (non-hydrogen) atoms. The summed E-state index contributed by atoms with van der Waals surface area (Å²) in [6, 6.07) is 15.6. The Morgan fingerprint density at radius 2 is 1.70 bits per heavy atom. The first-order chi connectivity index (χ1) is 14.1. The average molecular weight is 431 g/mol. The van der Waals surface area contributed by atoms with E-state index in [1.807, 2.05) is 62.4 Å². The molecule has 0 saturated heterocycles. The molecule has 164 valence electrons. The zero-order chi connectivity index (χ0) is 22.3. The summed E-state index contributed by atoms with van der Waals surface area (Å²) < 4.78 is 26.2. The standard InChI is InChI=1S/C24H34N2O3S/c1-18(2)17-22(21-12-7-6-8-13-21)25-24(27)15-10-16-26(30(5,28)29)23-14-9-11-19(3)20(23)4/h6-9,11-14,18,22H,10,15-17H2,1-5H3,(H,25,27). The molecule has 2 rings (SSSR count). The lowest BCUT2D eigenvalue weighted by atomic mass is 9.97. The van der Waals surface area contributed by atoms with Crippen molar-refractivity contribution in [2.75, 3.05) is 17.1 Å². The van der Waals surface area contributed by atoms with E-state index in [2.05, 4.69) is 19.2 Å². The van der Waals surface area contributed by atoms with Crippen LogP contribution in [0.1, 0.15) is 55.8 Å². The van der Waals surface area contributed by atoms with Gasteiger partial charge in [0.15, 0.2) is 0 Å². The number of aryl methyl sites for hydroxylation is 1. The maximum Gasteiger partial charge on any atom is 0.232 e. The number of hydrogen-bond acceptors (Lipinski definition) is 3. The highest BCUT2D eigenvalue weighted by Crippen LogP contribution is 2.25. The van der Waals surface area contributed by atoms with E-state index in [0.29, 0.717) is 18.0 Å². The maximum absolute atomic E-state index is 12.6. The van der Waals surface area contributed by atoms with Crippen LogP contribution in [0.25, 0.3) is 0 Å². The molecule has 0 saturated carbocycles. The minimum Gasteiger partial charge on any atom is -0.349 e. The summed E-state index contributed by atoms with van der Waals surface area (Å²) in [5.41, 5.74) is 3.75. The van der Waals surface area contributed by atoms with Gasteiger partial charge in [0.05, 0.1) is 18.0 Å². The van der Waals surface area contributed by atoms with E-state index in [1.54, 1.807) is 0 Å². The molecule has 0 bridgehead atoms. The first-order valence-electron chi connectivity index (χ1n) is 10.5. The fraction of sp³-hybridized carbons (Fsp3) is 0.458. The van der Waals surface area contributed by atoms with Crippen LogP contribution in [0.15, 0.2) is 48.5 Å². The number of hydrogen-bond donors (Lipinski definition) is 1. The fourth-order valence-electron chi connectivity index (χ4n) is 3.56. The van der Waals surface area contributed by atoms with Crippen LogP contribution in [0.5, 0.6) is 0 Å². The summed E-state index contributed by atoms with van der Waals surface area (Å²) >= 11 is 0. The van der Waals surface area contributed by atoms with Crippen molar-refractivity contribution in [3.8, 4) is 0 Å². The summed E-state index contributed by atoms with van der Waals surface area (Å²) in [6.45, 7) is 8.43. The van der Waals surface area contributed by atoms with Crippen molar-refractivity contribution >= 4 is 21.6 Å². The lowest BCUT2D eigenvalue weighted by Gasteiger charge is -2.25. The van der Waals surface area contributed by atoms with Crippen molar-refractivity contribution < 1.29 is 13.2 Å². The third-order valence-electron chi connectivity index (χ3n) is 5.25. The molecule has 1 unspecified atom stereocenters. The minimum atomic E-state index is -3.44. The van der Waals surface area contributed by atoms with E-state index in [0.717, 1.165) is 23.1 Å². The van der Waals surface area contributed by atoms with Gasteiger partial charge in [0, 0.05) is 13.0 Å². The first kappa shape index (κ1) is 23.9. The zero-order valence-corrected chi connectivity index (χ0v) is 19.5. The molecule has 0 radical (unpaired) electrons. The molecule has 0 spiro atoms. The number of nitrogens with zero attached hydrogens (tertiary/aromatic N) is 1. The Labute approximate surface area is 181 Å². The maximum atomic E-state index is 12.6. The Hall–Kier alpha value is -2.34. The number of rotatable bonds is 10. The van der Waals surface area contributed by atoms with Crippen LogP contribution in [0.4, 0.5) is 5.69 Å². The van der Waals surface area contributed by atoms with E-state index in [9.17, 15) is 13.2 Å². The summed E-state index contributed by atoms with van der Waals surface area (Å²) in [4.78, 5) is 12.6. The Morgan fingerprint density at radius 1 is 1.03 bits per heavy atom. The van der Waals surface area contributed by atoms with Gasteiger partial charge in [0.1, 0.15) is 0 Å². The number of anilines is 1. The van der Waals surface area contributed by atoms with E-state index in [-0.39, 0.29) is 24.9 Å². The largest absolute Gasteiger partial charge is 0.349 e. The Bertz CT molecular complexity index is 940. The van der Waals surface area contributed by atoms with Crippen LogP contribution < -0.4 is 9.62 Å². The Kier molecular flexibility index (Phi) is 8.47. The van der Waals surface area contributed by atoms with Gasteiger partial charge in [-0.15, -0.1) is 0 Å². The van der Waals surface area contributed by atoms with Crippen molar-refractivity contribution in [1.29, 1.82) is 0 Å². The number of benzene rings is 2. The van der Waals surface area contributed by atoms with Crippen LogP contribution in [0.2, 0.25) is 0 Å². The number of nitrogens with one attached hydrogen (secondary N) is 1. The highest BCUT2D eigenvalue weighted by atomic mass is 32.2. The van der Waals surface area contributed by atoms with Gasteiger partial charge < -0.3 is 5.32 Å². The van der Waals surface area contributed by atoms with Crippen molar-refractivity contribution in [1.82, 2.24) is 5.32 Å². The quantitative estimate of drug-likeness (QED) is 0.591. The number of amides is 1. The molecule has 1 N–H and O–H groups in total. The first-order valence-corrected chi connectivity index (χ1v) is 12.3. The second-order valence-corrected chi connectivity index (χ2v) is 10.2. The summed E-state index contributed by atoms with van der Waals surface area (Å²) in [6.07, 6.45) is 2.80. The average Bonchev–Trinajstić information content (AvgIpc) is 2.67. The van der Waals surface area contributed by atoms with E-state index < -0.39 is 10.0 Å². The van der Waals surface area contributed by atoms with E-state index in [1.165, 1.54) is 10.6 Å². The van der Waals surface area contributed by atoms with Gasteiger partial charge in [-0.2, -0.15) is 0 Å². The fourth-order valence-corrected chi connectivity index (χ4v) is 4.57. The van der Waals surface area contributed by atoms with Crippen molar-refractivity contribution in [3.63, 3.8) is 0 Å². The predicted octanol–water partition coefficient (Wildman–Crippen LogP) is 4.75. The highest BCUT2D eigenvalue weighted by Gasteiger charge is 2.21. The van der Waals surface area contributed by atoms with Crippen LogP contribution in [0.3, 0.4) is 0 Å². The van der Waals surface area contributed by atoms with Gasteiger partial charge in [0.25, 0.3) is 0 Å². The molecule has 0 heterocycles. The third-order valence-corrected chi connectivity index (χ3v) is 6.43. The minimum absolute atomic E-state index is 0.0382. The van der Waals surface area contributed by atoms with Crippen LogP contribution >= 0.6 is 0 Å². The predicted molar refractivity (Wildman–Crippen MR) is 124 cm³/mol. The van der Waals surface area contributed by atoms with Crippen LogP contribution in [-0.4, -0.2) is 27.1 Å². The molecular weight excluding hydrogens is 396 g/mol. The van der Waals surface area contributed by atoms with Gasteiger partial charge >= 0.3 is 0 Å². The van der Waals surface area contributed by atoms with E-state index in [4.69, 9.17) is 0 Å². The third kappa shape index (κ3) is 6.87. The Balaban J connectivity index is 2.03. The molecule has 1 amide bonds. The molecular formula is C24H34N2O3S. The summed E-state index contributed by atoms with van der Waals surface area (Å²) in [7, 11) is -3.44. The molecule has 2 aromatic carbocycles. The number of carbonyl (C=O) groups is 1. The second-order valence-electron chi connectivity index (χ2n) is 8.32. The SMILES string of the molecule is Cc1cccc(N(CCCC(=O)NC(CC(C)C)c2ccccc2)S(C)(=O)=O)c1C. The van der Waals surface area contributed by atoms with Gasteiger partial charge in [-0.1, -0.05) is 56.3 Å². The topological polar surface area (TPSA) is 66.5 Å². The smallest absolute Gasteiger partial charge is 0.232 e. The molecule has 6 heteroatoms. The van der Waals surface area contributed by atoms with Gasteiger partial charge in [0.2, 0.25) is 15.9 Å². The zero-order valence-electron chi connectivity index (χ0n) is 18.7. The molecule has 5 nitrogen and oxygen atoms in total. The number of carbonyl (C=O) groups excluding carboxylic acids is 1. The van der Waals surface area contributed by atoms with Crippen molar-refractivity contribution in [2.45, 2.75) is 53.0 Å². The summed E-state index contributed by atoms with van der Waals surface area (Å²) in [5.74, 6) is 0.388. The molecule has 2 aromatic rings. The molecule has 0 aliphatic heterocycles. The van der Waals surface area contributed by atoms with Gasteiger partial charge in [-0.25, -0.2) is 8.42 Å². The molecule has 1 atom stereocenters. The second kappa shape index (κ2) is 10.6. The molecule has 0 aliphatic carbocycles. The van der Waals surface area contributed by atoms with Crippen molar-refractivity contribution in [2.24, 2.45) is 5.92 Å². The monoisotopic (exact) mass is 430 g/mol. The molecule has 0 aliphatic rings. The Morgan fingerprint density at radius 3 is 2.30 bits per heavy atom. The lowest BCUT2D eigenvalue weighted by Crippen LogP contribution is -2.33. The van der Waals surface area contributed by atoms with Gasteiger partial charge in [-0.05, 0) is 55.4 Å². The molecule has 0 fully saturated rings. The summed E-state index contributed by atoms with van der Waals surface area (Å²) in [5, 5.41) is 3.13.